The van der Waals surface area contributed by atoms with Crippen LogP contribution in [-0.2, 0) is 13.0 Å². The molecule has 2 N–H and O–H groups in total. The summed E-state index contributed by atoms with van der Waals surface area (Å²) < 4.78 is 5.93. The lowest BCUT2D eigenvalue weighted by Gasteiger charge is -2.28. The molecule has 1 aromatic carbocycles. The lowest BCUT2D eigenvalue weighted by molar-refractivity contribution is 0.197. The van der Waals surface area contributed by atoms with Crippen molar-refractivity contribution in [3.05, 3.63) is 29.3 Å². The van der Waals surface area contributed by atoms with Crippen LogP contribution in [0.15, 0.2) is 18.2 Å². The minimum Gasteiger partial charge on any atom is -0.493 e. The monoisotopic (exact) mass is 218 g/mol. The second-order valence-electron chi connectivity index (χ2n) is 4.66. The molecule has 0 unspecified atom stereocenters. The van der Waals surface area contributed by atoms with E-state index < -0.39 is 0 Å². The van der Waals surface area contributed by atoms with Crippen LogP contribution in [0.4, 0.5) is 0 Å². The van der Waals surface area contributed by atoms with Gasteiger partial charge in [0.2, 0.25) is 0 Å². The van der Waals surface area contributed by atoms with Gasteiger partial charge in [-0.15, -0.1) is 0 Å². The quantitative estimate of drug-likeness (QED) is 0.792. The van der Waals surface area contributed by atoms with Gasteiger partial charge in [0.05, 0.1) is 6.61 Å². The average Bonchev–Trinajstić information content (AvgIpc) is 2.27. The van der Waals surface area contributed by atoms with Gasteiger partial charge in [-0.1, -0.05) is 12.1 Å². The molecule has 3 heteroatoms. The van der Waals surface area contributed by atoms with E-state index >= 15 is 0 Å². The zero-order valence-electron chi connectivity index (χ0n) is 9.46. The molecule has 2 aliphatic heterocycles. The molecule has 0 saturated carbocycles. The maximum atomic E-state index is 5.93. The largest absolute Gasteiger partial charge is 0.493 e. The Bertz CT molecular complexity index is 374. The van der Waals surface area contributed by atoms with Crippen molar-refractivity contribution in [2.24, 2.45) is 5.92 Å². The number of nitrogens with one attached hydrogen (secondary N) is 2. The lowest BCUT2D eigenvalue weighted by atomic mass is 10.00. The van der Waals surface area contributed by atoms with E-state index in [9.17, 15) is 0 Å². The summed E-state index contributed by atoms with van der Waals surface area (Å²) >= 11 is 0. The van der Waals surface area contributed by atoms with Gasteiger partial charge in [-0.3, -0.25) is 0 Å². The van der Waals surface area contributed by atoms with E-state index in [1.54, 1.807) is 0 Å². The number of benzene rings is 1. The Morgan fingerprint density at radius 3 is 3.00 bits per heavy atom. The van der Waals surface area contributed by atoms with Gasteiger partial charge in [0, 0.05) is 31.1 Å². The lowest BCUT2D eigenvalue weighted by Crippen LogP contribution is -2.45. The first kappa shape index (κ1) is 10.1. The van der Waals surface area contributed by atoms with Crippen molar-refractivity contribution in [3.8, 4) is 5.75 Å². The molecule has 0 amide bonds. The Labute approximate surface area is 96.2 Å². The van der Waals surface area contributed by atoms with Crippen molar-refractivity contribution < 1.29 is 4.74 Å². The van der Waals surface area contributed by atoms with Gasteiger partial charge in [-0.2, -0.15) is 0 Å². The SMILES string of the molecule is c1cc2c(c(OCC3CNC3)c1)CNCC2. The molecule has 0 radical (unpaired) electrons. The summed E-state index contributed by atoms with van der Waals surface area (Å²) in [6.07, 6.45) is 1.12. The highest BCUT2D eigenvalue weighted by Crippen LogP contribution is 2.25. The molecule has 86 valence electrons. The Hall–Kier alpha value is -1.06. The van der Waals surface area contributed by atoms with Crippen LogP contribution in [0.25, 0.3) is 0 Å². The smallest absolute Gasteiger partial charge is 0.124 e. The third-order valence-corrected chi connectivity index (χ3v) is 3.44. The molecule has 2 heterocycles. The Kier molecular flexibility index (Phi) is 2.80. The van der Waals surface area contributed by atoms with E-state index in [-0.39, 0.29) is 0 Å². The van der Waals surface area contributed by atoms with Crippen LogP contribution < -0.4 is 15.4 Å². The molecule has 0 aliphatic carbocycles. The topological polar surface area (TPSA) is 33.3 Å². The third-order valence-electron chi connectivity index (χ3n) is 3.44. The second-order valence-corrected chi connectivity index (χ2v) is 4.66. The van der Waals surface area contributed by atoms with Crippen molar-refractivity contribution in [2.45, 2.75) is 13.0 Å². The Morgan fingerprint density at radius 1 is 1.25 bits per heavy atom. The second kappa shape index (κ2) is 4.44. The summed E-state index contributed by atoms with van der Waals surface area (Å²) in [5, 5.41) is 6.67. The zero-order chi connectivity index (χ0) is 10.8. The molecule has 0 spiro atoms. The highest BCUT2D eigenvalue weighted by Gasteiger charge is 2.19. The van der Waals surface area contributed by atoms with Crippen molar-refractivity contribution >= 4 is 0 Å². The van der Waals surface area contributed by atoms with Crippen LogP contribution in [0.1, 0.15) is 11.1 Å². The van der Waals surface area contributed by atoms with E-state index in [0.29, 0.717) is 5.92 Å². The molecular weight excluding hydrogens is 200 g/mol. The molecule has 3 rings (SSSR count). The third kappa shape index (κ3) is 1.93. The van der Waals surface area contributed by atoms with Crippen molar-refractivity contribution in [2.75, 3.05) is 26.2 Å². The van der Waals surface area contributed by atoms with Crippen molar-refractivity contribution in [3.63, 3.8) is 0 Å². The van der Waals surface area contributed by atoms with E-state index in [1.165, 1.54) is 11.1 Å². The van der Waals surface area contributed by atoms with Gasteiger partial charge in [0.25, 0.3) is 0 Å². The van der Waals surface area contributed by atoms with Crippen LogP contribution >= 0.6 is 0 Å². The molecule has 2 aliphatic rings. The summed E-state index contributed by atoms with van der Waals surface area (Å²) in [5.74, 6) is 1.78. The molecule has 1 saturated heterocycles. The number of rotatable bonds is 3. The number of hydrogen-bond donors (Lipinski definition) is 2. The van der Waals surface area contributed by atoms with Crippen molar-refractivity contribution in [1.29, 1.82) is 0 Å². The predicted molar refractivity (Wildman–Crippen MR) is 63.7 cm³/mol. The highest BCUT2D eigenvalue weighted by atomic mass is 16.5. The van der Waals surface area contributed by atoms with Gasteiger partial charge in [-0.05, 0) is 24.6 Å². The first-order chi connectivity index (χ1) is 7.93. The molecule has 0 aromatic heterocycles. The Morgan fingerprint density at radius 2 is 2.19 bits per heavy atom. The molecule has 0 atom stereocenters. The van der Waals surface area contributed by atoms with Crippen LogP contribution in [0.2, 0.25) is 0 Å². The predicted octanol–water partition coefficient (Wildman–Crippen LogP) is 0.930. The number of ether oxygens (including phenoxy) is 1. The molecule has 0 bridgehead atoms. The van der Waals surface area contributed by atoms with Gasteiger partial charge >= 0.3 is 0 Å². The number of fused-ring (bicyclic) bond motifs is 1. The molecule has 1 aromatic rings. The highest BCUT2D eigenvalue weighted by molar-refractivity contribution is 5.41. The fourth-order valence-electron chi connectivity index (χ4n) is 2.29. The summed E-state index contributed by atoms with van der Waals surface area (Å²) in [4.78, 5) is 0. The zero-order valence-corrected chi connectivity index (χ0v) is 9.46. The maximum absolute atomic E-state index is 5.93. The standard InChI is InChI=1S/C13H18N2O/c1-2-11-4-5-14-8-12(11)13(3-1)16-9-10-6-15-7-10/h1-3,10,14-15H,4-9H2. The number of hydrogen-bond acceptors (Lipinski definition) is 3. The average molecular weight is 218 g/mol. The summed E-state index contributed by atoms with van der Waals surface area (Å²) in [7, 11) is 0. The summed E-state index contributed by atoms with van der Waals surface area (Å²) in [6.45, 7) is 5.10. The minimum absolute atomic E-state index is 0.701. The van der Waals surface area contributed by atoms with Gasteiger partial charge in [0.15, 0.2) is 0 Å². The van der Waals surface area contributed by atoms with Crippen molar-refractivity contribution in [1.82, 2.24) is 10.6 Å². The normalized spacial score (nSPS) is 20.0. The van der Waals surface area contributed by atoms with Gasteiger partial charge < -0.3 is 15.4 Å². The maximum Gasteiger partial charge on any atom is 0.124 e. The van der Waals surface area contributed by atoms with Crippen LogP contribution in [0, 0.1) is 5.92 Å². The Balaban J connectivity index is 1.72. The fourth-order valence-corrected chi connectivity index (χ4v) is 2.29. The first-order valence-corrected chi connectivity index (χ1v) is 6.08. The minimum atomic E-state index is 0.701. The van der Waals surface area contributed by atoms with E-state index in [1.807, 2.05) is 0 Å². The van der Waals surface area contributed by atoms with Gasteiger partial charge in [0.1, 0.15) is 5.75 Å². The van der Waals surface area contributed by atoms with Gasteiger partial charge in [-0.25, -0.2) is 0 Å². The van der Waals surface area contributed by atoms with E-state index in [2.05, 4.69) is 28.8 Å². The molecule has 3 nitrogen and oxygen atoms in total. The first-order valence-electron chi connectivity index (χ1n) is 6.08. The fraction of sp³-hybridized carbons (Fsp3) is 0.538. The van der Waals surface area contributed by atoms with Crippen LogP contribution in [0.3, 0.4) is 0 Å². The van der Waals surface area contributed by atoms with E-state index in [0.717, 1.165) is 45.0 Å². The van der Waals surface area contributed by atoms with Crippen LogP contribution in [0.5, 0.6) is 5.75 Å². The summed E-state index contributed by atoms with van der Waals surface area (Å²) in [5.41, 5.74) is 2.81. The van der Waals surface area contributed by atoms with E-state index in [4.69, 9.17) is 4.74 Å². The molecule has 1 fully saturated rings. The molecular formula is C13H18N2O. The van der Waals surface area contributed by atoms with Crippen LogP contribution in [-0.4, -0.2) is 26.2 Å². The molecule has 16 heavy (non-hydrogen) atoms. The summed E-state index contributed by atoms with van der Waals surface area (Å²) in [6, 6.07) is 6.42.